The Balaban J connectivity index is 2.64. The number of nitrogens with one attached hydrogen (secondary N) is 1. The SMILES string of the molecule is CCCc1cc(=O)[nH]c(SCC(=O)OCC)n1. The maximum absolute atomic E-state index is 11.3. The average Bonchev–Trinajstić information content (AvgIpc) is 2.26. The van der Waals surface area contributed by atoms with E-state index in [2.05, 4.69) is 9.97 Å². The maximum Gasteiger partial charge on any atom is 0.316 e. The second kappa shape index (κ2) is 7.11. The molecule has 6 heteroatoms. The summed E-state index contributed by atoms with van der Waals surface area (Å²) in [5.74, 6) is -0.146. The minimum absolute atomic E-state index is 0.159. The Bertz CT molecular complexity index is 431. The zero-order valence-electron chi connectivity index (χ0n) is 9.99. The van der Waals surface area contributed by atoms with Crippen molar-refractivity contribution >= 4 is 17.7 Å². The largest absolute Gasteiger partial charge is 0.465 e. The summed E-state index contributed by atoms with van der Waals surface area (Å²) in [6.07, 6.45) is 1.69. The predicted molar refractivity (Wildman–Crippen MR) is 66.2 cm³/mol. The fourth-order valence-electron chi connectivity index (χ4n) is 1.27. The molecule has 0 saturated heterocycles. The molecule has 17 heavy (non-hydrogen) atoms. The van der Waals surface area contributed by atoms with E-state index in [1.165, 1.54) is 17.8 Å². The minimum Gasteiger partial charge on any atom is -0.465 e. The van der Waals surface area contributed by atoms with Gasteiger partial charge < -0.3 is 9.72 Å². The number of ether oxygens (including phenoxy) is 1. The molecular weight excluding hydrogens is 240 g/mol. The van der Waals surface area contributed by atoms with Crippen LogP contribution < -0.4 is 5.56 Å². The number of carbonyl (C=O) groups excluding carboxylic acids is 1. The van der Waals surface area contributed by atoms with Gasteiger partial charge in [-0.1, -0.05) is 25.1 Å². The Morgan fingerprint density at radius 2 is 2.29 bits per heavy atom. The van der Waals surface area contributed by atoms with Gasteiger partial charge in [-0.25, -0.2) is 4.98 Å². The van der Waals surface area contributed by atoms with Gasteiger partial charge in [0.05, 0.1) is 12.4 Å². The van der Waals surface area contributed by atoms with Crippen molar-refractivity contribution in [3.8, 4) is 0 Å². The number of esters is 1. The summed E-state index contributed by atoms with van der Waals surface area (Å²) in [6.45, 7) is 4.14. The van der Waals surface area contributed by atoms with Crippen LogP contribution in [0, 0.1) is 0 Å². The van der Waals surface area contributed by atoms with Gasteiger partial charge in [0.1, 0.15) is 0 Å². The smallest absolute Gasteiger partial charge is 0.316 e. The molecule has 5 nitrogen and oxygen atoms in total. The van der Waals surface area contributed by atoms with Crippen molar-refractivity contribution in [2.75, 3.05) is 12.4 Å². The number of aromatic amines is 1. The van der Waals surface area contributed by atoms with E-state index in [4.69, 9.17) is 4.74 Å². The van der Waals surface area contributed by atoms with Crippen LogP contribution in [0.15, 0.2) is 16.0 Å². The van der Waals surface area contributed by atoms with Gasteiger partial charge in [0, 0.05) is 11.8 Å². The standard InChI is InChI=1S/C11H16N2O3S/c1-3-5-8-6-9(14)13-11(12-8)17-7-10(15)16-4-2/h6H,3-5,7H2,1-2H3,(H,12,13,14). The zero-order chi connectivity index (χ0) is 12.7. The number of carbonyl (C=O) groups is 1. The van der Waals surface area contributed by atoms with E-state index in [1.54, 1.807) is 6.92 Å². The number of rotatable bonds is 6. The van der Waals surface area contributed by atoms with Crippen LogP contribution in [0.5, 0.6) is 0 Å². The normalized spacial score (nSPS) is 10.2. The number of aryl methyl sites for hydroxylation is 1. The molecule has 0 aliphatic heterocycles. The Morgan fingerprint density at radius 3 is 2.94 bits per heavy atom. The summed E-state index contributed by atoms with van der Waals surface area (Å²) in [6, 6.07) is 1.48. The third kappa shape index (κ3) is 5.04. The summed E-state index contributed by atoms with van der Waals surface area (Å²) < 4.78 is 4.79. The third-order valence-corrected chi connectivity index (χ3v) is 2.76. The summed E-state index contributed by atoms with van der Waals surface area (Å²) in [4.78, 5) is 29.3. The summed E-state index contributed by atoms with van der Waals surface area (Å²) in [5, 5.41) is 0.467. The van der Waals surface area contributed by atoms with E-state index in [1.807, 2.05) is 6.92 Å². The molecular formula is C11H16N2O3S. The number of hydrogen-bond donors (Lipinski definition) is 1. The third-order valence-electron chi connectivity index (χ3n) is 1.91. The van der Waals surface area contributed by atoms with Gasteiger partial charge >= 0.3 is 5.97 Å². The highest BCUT2D eigenvalue weighted by atomic mass is 32.2. The molecule has 0 atom stereocenters. The van der Waals surface area contributed by atoms with E-state index < -0.39 is 0 Å². The molecule has 0 aromatic carbocycles. The summed E-state index contributed by atoms with van der Waals surface area (Å²) in [5.41, 5.74) is 0.567. The molecule has 0 amide bonds. The van der Waals surface area contributed by atoms with Crippen LogP contribution in [0.3, 0.4) is 0 Å². The van der Waals surface area contributed by atoms with Crippen molar-refractivity contribution in [1.82, 2.24) is 9.97 Å². The van der Waals surface area contributed by atoms with Gasteiger partial charge in [0.2, 0.25) is 0 Å². The summed E-state index contributed by atoms with van der Waals surface area (Å²) in [7, 11) is 0. The van der Waals surface area contributed by atoms with Gasteiger partial charge in [-0.05, 0) is 13.3 Å². The lowest BCUT2D eigenvalue weighted by Crippen LogP contribution is -2.12. The number of H-pyrrole nitrogens is 1. The fraction of sp³-hybridized carbons (Fsp3) is 0.545. The van der Waals surface area contributed by atoms with E-state index >= 15 is 0 Å². The van der Waals surface area contributed by atoms with Crippen LogP contribution in [-0.4, -0.2) is 28.3 Å². The first-order chi connectivity index (χ1) is 8.15. The lowest BCUT2D eigenvalue weighted by Gasteiger charge is -2.03. The molecule has 1 heterocycles. The molecule has 0 aliphatic carbocycles. The number of thioether (sulfide) groups is 1. The van der Waals surface area contributed by atoms with Gasteiger partial charge in [-0.2, -0.15) is 0 Å². The predicted octanol–water partition coefficient (Wildman–Crippen LogP) is 1.38. The second-order valence-electron chi connectivity index (χ2n) is 3.39. The quantitative estimate of drug-likeness (QED) is 0.473. The Morgan fingerprint density at radius 1 is 1.53 bits per heavy atom. The first-order valence-corrected chi connectivity index (χ1v) is 6.53. The Hall–Kier alpha value is -1.30. The highest BCUT2D eigenvalue weighted by Gasteiger charge is 2.06. The topological polar surface area (TPSA) is 72.0 Å². The number of hydrogen-bond acceptors (Lipinski definition) is 5. The number of nitrogens with zero attached hydrogens (tertiary/aromatic N) is 1. The highest BCUT2D eigenvalue weighted by molar-refractivity contribution is 7.99. The first-order valence-electron chi connectivity index (χ1n) is 5.54. The molecule has 0 unspecified atom stereocenters. The zero-order valence-corrected chi connectivity index (χ0v) is 10.8. The molecule has 0 fully saturated rings. The molecule has 0 spiro atoms. The molecule has 1 N–H and O–H groups in total. The van der Waals surface area contributed by atoms with Crippen molar-refractivity contribution in [3.63, 3.8) is 0 Å². The molecule has 0 saturated carbocycles. The van der Waals surface area contributed by atoms with Crippen LogP contribution in [0.2, 0.25) is 0 Å². The molecule has 94 valence electrons. The van der Waals surface area contributed by atoms with Gasteiger partial charge in [0.15, 0.2) is 5.16 Å². The van der Waals surface area contributed by atoms with Crippen molar-refractivity contribution in [2.24, 2.45) is 0 Å². The second-order valence-corrected chi connectivity index (χ2v) is 4.35. The van der Waals surface area contributed by atoms with E-state index in [0.29, 0.717) is 11.8 Å². The van der Waals surface area contributed by atoms with Gasteiger partial charge in [-0.15, -0.1) is 0 Å². The van der Waals surface area contributed by atoms with E-state index in [9.17, 15) is 9.59 Å². The highest BCUT2D eigenvalue weighted by Crippen LogP contribution is 2.11. The van der Waals surface area contributed by atoms with E-state index in [0.717, 1.165) is 18.5 Å². The van der Waals surface area contributed by atoms with Crippen LogP contribution in [0.25, 0.3) is 0 Å². The molecule has 1 aromatic rings. The maximum atomic E-state index is 11.3. The molecule has 0 aliphatic rings. The molecule has 0 bridgehead atoms. The van der Waals surface area contributed by atoms with Crippen LogP contribution in [-0.2, 0) is 16.0 Å². The lowest BCUT2D eigenvalue weighted by molar-refractivity contribution is -0.139. The monoisotopic (exact) mass is 256 g/mol. The van der Waals surface area contributed by atoms with E-state index in [-0.39, 0.29) is 17.3 Å². The number of aromatic nitrogens is 2. The van der Waals surface area contributed by atoms with Crippen LogP contribution in [0.4, 0.5) is 0 Å². The Labute approximate surface area is 104 Å². The average molecular weight is 256 g/mol. The van der Waals surface area contributed by atoms with Crippen molar-refractivity contribution in [3.05, 3.63) is 22.1 Å². The molecule has 1 rings (SSSR count). The first kappa shape index (κ1) is 13.8. The van der Waals surface area contributed by atoms with Gasteiger partial charge in [-0.3, -0.25) is 9.59 Å². The Kier molecular flexibility index (Phi) is 5.76. The van der Waals surface area contributed by atoms with Crippen molar-refractivity contribution in [1.29, 1.82) is 0 Å². The lowest BCUT2D eigenvalue weighted by atomic mass is 10.2. The van der Waals surface area contributed by atoms with Crippen LogP contribution >= 0.6 is 11.8 Å². The van der Waals surface area contributed by atoms with Gasteiger partial charge in [0.25, 0.3) is 5.56 Å². The molecule has 1 aromatic heterocycles. The molecule has 0 radical (unpaired) electrons. The minimum atomic E-state index is -0.305. The van der Waals surface area contributed by atoms with Crippen molar-refractivity contribution in [2.45, 2.75) is 31.8 Å². The van der Waals surface area contributed by atoms with Crippen LogP contribution in [0.1, 0.15) is 26.0 Å². The summed E-state index contributed by atoms with van der Waals surface area (Å²) >= 11 is 1.18. The van der Waals surface area contributed by atoms with Crippen molar-refractivity contribution < 1.29 is 9.53 Å². The fourth-order valence-corrected chi connectivity index (χ4v) is 1.96.